The Morgan fingerprint density at radius 3 is 2.48 bits per heavy atom. The second-order valence-electron chi connectivity index (χ2n) is 5.80. The normalized spacial score (nSPS) is 12.3. The second-order valence-corrected chi connectivity index (χ2v) is 5.80. The second kappa shape index (κ2) is 7.66. The number of carbonyl (C=O) groups is 2. The van der Waals surface area contributed by atoms with E-state index in [0.717, 1.165) is 0 Å². The van der Waals surface area contributed by atoms with E-state index in [2.05, 4.69) is 20.8 Å². The number of aromatic amines is 1. The summed E-state index contributed by atoms with van der Waals surface area (Å²) in [7, 11) is 1.71. The van der Waals surface area contributed by atoms with Crippen molar-refractivity contribution in [3.63, 3.8) is 0 Å². The summed E-state index contributed by atoms with van der Waals surface area (Å²) in [6.07, 6.45) is 2.12. The maximum absolute atomic E-state index is 12.3. The van der Waals surface area contributed by atoms with E-state index in [1.807, 2.05) is 27.7 Å². The minimum Gasteiger partial charge on any atom is -0.326 e. The lowest BCUT2D eigenvalue weighted by Gasteiger charge is -2.26. The molecule has 1 atom stereocenters. The van der Waals surface area contributed by atoms with E-state index >= 15 is 0 Å². The molecule has 1 heterocycles. The quantitative estimate of drug-likeness (QED) is 0.747. The van der Waals surface area contributed by atoms with Gasteiger partial charge in [-0.2, -0.15) is 5.10 Å². The van der Waals surface area contributed by atoms with E-state index in [-0.39, 0.29) is 23.9 Å². The van der Waals surface area contributed by atoms with Gasteiger partial charge in [0.05, 0.1) is 6.20 Å². The lowest BCUT2D eigenvalue weighted by Crippen LogP contribution is -2.50. The molecule has 0 aliphatic carbocycles. The predicted molar refractivity (Wildman–Crippen MR) is 81.9 cm³/mol. The molecule has 21 heavy (non-hydrogen) atoms. The maximum atomic E-state index is 12.3. The number of hydrogen-bond donors (Lipinski definition) is 3. The Labute approximate surface area is 125 Å². The SMILES string of the molecule is CC(C)C[C@@H](NC(=O)N(C)C(C)C)C(=O)Nc1ccn[nH]1. The van der Waals surface area contributed by atoms with Crippen LogP contribution in [0.25, 0.3) is 0 Å². The van der Waals surface area contributed by atoms with Crippen LogP contribution in [-0.2, 0) is 4.79 Å². The van der Waals surface area contributed by atoms with Crippen LogP contribution < -0.4 is 10.6 Å². The molecular formula is C14H25N5O2. The summed E-state index contributed by atoms with van der Waals surface area (Å²) in [6, 6.07) is 0.893. The highest BCUT2D eigenvalue weighted by Crippen LogP contribution is 2.09. The average molecular weight is 295 g/mol. The van der Waals surface area contributed by atoms with Crippen LogP contribution in [0, 0.1) is 5.92 Å². The van der Waals surface area contributed by atoms with Gasteiger partial charge in [0.15, 0.2) is 0 Å². The number of hydrogen-bond acceptors (Lipinski definition) is 3. The first kappa shape index (κ1) is 17.0. The van der Waals surface area contributed by atoms with Crippen LogP contribution in [0.2, 0.25) is 0 Å². The van der Waals surface area contributed by atoms with Gasteiger partial charge < -0.3 is 15.5 Å². The standard InChI is InChI=1S/C14H25N5O2/c1-9(2)8-11(16-14(21)19(5)10(3)4)13(20)17-12-6-7-15-18-12/h6-7,9-11H,8H2,1-5H3,(H,16,21)(H2,15,17,18,20)/t11-/m1/s1. The van der Waals surface area contributed by atoms with Crippen molar-refractivity contribution in [2.75, 3.05) is 12.4 Å². The average Bonchev–Trinajstić information content (AvgIpc) is 2.88. The predicted octanol–water partition coefficient (Wildman–Crippen LogP) is 1.81. The van der Waals surface area contributed by atoms with Crippen molar-refractivity contribution in [2.45, 2.75) is 46.2 Å². The molecule has 1 rings (SSSR count). The lowest BCUT2D eigenvalue weighted by molar-refractivity contribution is -0.118. The Balaban J connectivity index is 2.70. The highest BCUT2D eigenvalue weighted by atomic mass is 16.2. The van der Waals surface area contributed by atoms with Crippen LogP contribution in [0.15, 0.2) is 12.3 Å². The Bertz CT molecular complexity index is 456. The first-order valence-electron chi connectivity index (χ1n) is 7.14. The molecule has 0 aliphatic heterocycles. The number of urea groups is 1. The molecule has 0 saturated heterocycles. The minimum absolute atomic E-state index is 0.0698. The Kier molecular flexibility index (Phi) is 6.20. The first-order chi connectivity index (χ1) is 9.81. The fourth-order valence-electron chi connectivity index (χ4n) is 1.73. The molecular weight excluding hydrogens is 270 g/mol. The van der Waals surface area contributed by atoms with Gasteiger partial charge in [0.2, 0.25) is 5.91 Å². The Morgan fingerprint density at radius 1 is 1.33 bits per heavy atom. The van der Waals surface area contributed by atoms with Crippen molar-refractivity contribution in [3.05, 3.63) is 12.3 Å². The smallest absolute Gasteiger partial charge is 0.318 e. The van der Waals surface area contributed by atoms with Gasteiger partial charge in [-0.15, -0.1) is 0 Å². The van der Waals surface area contributed by atoms with Crippen molar-refractivity contribution in [3.8, 4) is 0 Å². The molecule has 0 bridgehead atoms. The van der Waals surface area contributed by atoms with E-state index in [1.165, 1.54) is 0 Å². The van der Waals surface area contributed by atoms with Crippen LogP contribution in [0.3, 0.4) is 0 Å². The third-order valence-corrected chi connectivity index (χ3v) is 3.17. The molecule has 1 aromatic rings. The molecule has 0 saturated carbocycles. The van der Waals surface area contributed by atoms with Crippen LogP contribution in [0.4, 0.5) is 10.6 Å². The van der Waals surface area contributed by atoms with Crippen molar-refractivity contribution in [1.29, 1.82) is 0 Å². The van der Waals surface area contributed by atoms with Gasteiger partial charge in [0.1, 0.15) is 11.9 Å². The fraction of sp³-hybridized carbons (Fsp3) is 0.643. The molecule has 0 fully saturated rings. The molecule has 0 aromatic carbocycles. The summed E-state index contributed by atoms with van der Waals surface area (Å²) < 4.78 is 0. The third kappa shape index (κ3) is 5.45. The first-order valence-corrected chi connectivity index (χ1v) is 7.14. The van der Waals surface area contributed by atoms with Gasteiger partial charge in [-0.05, 0) is 26.2 Å². The topological polar surface area (TPSA) is 90.1 Å². The zero-order valence-corrected chi connectivity index (χ0v) is 13.3. The summed E-state index contributed by atoms with van der Waals surface area (Å²) in [5.41, 5.74) is 0. The number of anilines is 1. The van der Waals surface area contributed by atoms with Gasteiger partial charge >= 0.3 is 6.03 Å². The molecule has 0 radical (unpaired) electrons. The summed E-state index contributed by atoms with van der Waals surface area (Å²) >= 11 is 0. The van der Waals surface area contributed by atoms with Crippen LogP contribution in [0.5, 0.6) is 0 Å². The molecule has 118 valence electrons. The van der Waals surface area contributed by atoms with Crippen LogP contribution in [-0.4, -0.2) is 46.2 Å². The van der Waals surface area contributed by atoms with Gasteiger partial charge in [-0.1, -0.05) is 13.8 Å². The zero-order valence-electron chi connectivity index (χ0n) is 13.3. The largest absolute Gasteiger partial charge is 0.326 e. The highest BCUT2D eigenvalue weighted by molar-refractivity contribution is 5.96. The monoisotopic (exact) mass is 295 g/mol. The summed E-state index contributed by atoms with van der Waals surface area (Å²) in [4.78, 5) is 25.9. The third-order valence-electron chi connectivity index (χ3n) is 3.17. The molecule has 0 aliphatic rings. The van der Waals surface area contributed by atoms with Gasteiger partial charge in [0, 0.05) is 19.2 Å². The number of rotatable bonds is 6. The molecule has 3 amide bonds. The molecule has 7 nitrogen and oxygen atoms in total. The molecule has 0 unspecified atom stereocenters. The highest BCUT2D eigenvalue weighted by Gasteiger charge is 2.24. The minimum atomic E-state index is -0.581. The summed E-state index contributed by atoms with van der Waals surface area (Å²) in [6.45, 7) is 7.85. The van der Waals surface area contributed by atoms with E-state index < -0.39 is 6.04 Å². The Morgan fingerprint density at radius 2 is 2.00 bits per heavy atom. The van der Waals surface area contributed by atoms with E-state index in [0.29, 0.717) is 12.2 Å². The van der Waals surface area contributed by atoms with Gasteiger partial charge in [0.25, 0.3) is 0 Å². The summed E-state index contributed by atoms with van der Waals surface area (Å²) in [5, 5.41) is 11.9. The lowest BCUT2D eigenvalue weighted by atomic mass is 10.0. The fourth-order valence-corrected chi connectivity index (χ4v) is 1.73. The van der Waals surface area contributed by atoms with Crippen LogP contribution in [0.1, 0.15) is 34.1 Å². The van der Waals surface area contributed by atoms with Gasteiger partial charge in [-0.25, -0.2) is 4.79 Å². The number of nitrogens with one attached hydrogen (secondary N) is 3. The molecule has 7 heteroatoms. The van der Waals surface area contributed by atoms with E-state index in [1.54, 1.807) is 24.2 Å². The Hall–Kier alpha value is -2.05. The number of aromatic nitrogens is 2. The van der Waals surface area contributed by atoms with Crippen LogP contribution >= 0.6 is 0 Å². The summed E-state index contributed by atoms with van der Waals surface area (Å²) in [5.74, 6) is 0.547. The van der Waals surface area contributed by atoms with E-state index in [9.17, 15) is 9.59 Å². The number of H-pyrrole nitrogens is 1. The number of amides is 3. The molecule has 0 spiro atoms. The van der Waals surface area contributed by atoms with E-state index in [4.69, 9.17) is 0 Å². The van der Waals surface area contributed by atoms with Crippen molar-refractivity contribution < 1.29 is 9.59 Å². The zero-order chi connectivity index (χ0) is 16.0. The van der Waals surface area contributed by atoms with Crippen molar-refractivity contribution in [2.24, 2.45) is 5.92 Å². The molecule has 3 N–H and O–H groups in total. The molecule has 1 aromatic heterocycles. The van der Waals surface area contributed by atoms with Crippen molar-refractivity contribution in [1.82, 2.24) is 20.4 Å². The maximum Gasteiger partial charge on any atom is 0.318 e. The number of carbonyl (C=O) groups excluding carboxylic acids is 2. The number of nitrogens with zero attached hydrogens (tertiary/aromatic N) is 2. The van der Waals surface area contributed by atoms with Gasteiger partial charge in [-0.3, -0.25) is 9.89 Å². The van der Waals surface area contributed by atoms with Crippen molar-refractivity contribution >= 4 is 17.8 Å².